The number of carboxylic acids is 1. The van der Waals surface area contributed by atoms with E-state index in [1.54, 1.807) is 0 Å². The lowest BCUT2D eigenvalue weighted by molar-refractivity contribution is -0.129. The molecule has 0 atom stereocenters. The number of hydrogen-bond donors (Lipinski definition) is 2. The van der Waals surface area contributed by atoms with E-state index in [0.717, 1.165) is 12.0 Å². The number of carbonyl (C=O) groups is 1. The first-order valence-electron chi connectivity index (χ1n) is 5.82. The fourth-order valence-corrected chi connectivity index (χ4v) is 1.24. The van der Waals surface area contributed by atoms with Gasteiger partial charge in [-0.05, 0) is 18.9 Å². The van der Waals surface area contributed by atoms with Crippen molar-refractivity contribution in [2.75, 3.05) is 13.2 Å². The van der Waals surface area contributed by atoms with Crippen LogP contribution in [-0.2, 0) is 16.1 Å². The Morgan fingerprint density at radius 1 is 1.39 bits per heavy atom. The van der Waals surface area contributed by atoms with Gasteiger partial charge < -0.3 is 15.3 Å². The maximum atomic E-state index is 10.4. The second kappa shape index (κ2) is 8.25. The normalized spacial score (nSPS) is 11.3. The number of benzene rings is 1. The van der Waals surface area contributed by atoms with Gasteiger partial charge in [-0.1, -0.05) is 30.3 Å². The van der Waals surface area contributed by atoms with E-state index in [1.807, 2.05) is 30.3 Å². The van der Waals surface area contributed by atoms with E-state index in [-0.39, 0.29) is 5.71 Å². The Bertz CT molecular complexity index is 390. The van der Waals surface area contributed by atoms with Crippen LogP contribution in [0.1, 0.15) is 18.9 Å². The number of carboxylic acid groups (broad SMARTS) is 1. The van der Waals surface area contributed by atoms with Crippen molar-refractivity contribution < 1.29 is 14.6 Å². The van der Waals surface area contributed by atoms with Gasteiger partial charge in [-0.2, -0.15) is 5.10 Å². The first-order chi connectivity index (χ1) is 8.70. The summed E-state index contributed by atoms with van der Waals surface area (Å²) in [7, 11) is 0. The predicted octanol–water partition coefficient (Wildman–Crippen LogP) is 1.64. The largest absolute Gasteiger partial charge is 0.477 e. The highest BCUT2D eigenvalue weighted by Crippen LogP contribution is 2.00. The highest BCUT2D eigenvalue weighted by molar-refractivity contribution is 6.34. The SMILES string of the molecule is C/C(=N/NCCCOCc1ccccc1)C(=O)O. The maximum Gasteiger partial charge on any atom is 0.351 e. The molecule has 0 aromatic heterocycles. The molecular weight excluding hydrogens is 232 g/mol. The van der Waals surface area contributed by atoms with Gasteiger partial charge in [0.2, 0.25) is 0 Å². The summed E-state index contributed by atoms with van der Waals surface area (Å²) in [5.41, 5.74) is 3.89. The summed E-state index contributed by atoms with van der Waals surface area (Å²) in [5, 5.41) is 12.2. The molecule has 2 N–H and O–H groups in total. The van der Waals surface area contributed by atoms with E-state index in [0.29, 0.717) is 19.8 Å². The standard InChI is InChI=1S/C13H18N2O3/c1-11(13(16)17)15-14-8-5-9-18-10-12-6-3-2-4-7-12/h2-4,6-7,14H,5,8-10H2,1H3,(H,16,17)/b15-11-. The zero-order valence-electron chi connectivity index (χ0n) is 10.4. The van der Waals surface area contributed by atoms with Crippen molar-refractivity contribution in [3.63, 3.8) is 0 Å². The second-order valence-corrected chi connectivity index (χ2v) is 3.80. The van der Waals surface area contributed by atoms with Crippen molar-refractivity contribution in [2.45, 2.75) is 20.0 Å². The van der Waals surface area contributed by atoms with Gasteiger partial charge in [-0.25, -0.2) is 4.79 Å². The third-order valence-corrected chi connectivity index (χ3v) is 2.25. The molecule has 0 heterocycles. The minimum atomic E-state index is -1.01. The Labute approximate surface area is 106 Å². The van der Waals surface area contributed by atoms with Crippen LogP contribution in [0.15, 0.2) is 35.4 Å². The molecule has 0 fully saturated rings. The molecule has 0 unspecified atom stereocenters. The summed E-state index contributed by atoms with van der Waals surface area (Å²) < 4.78 is 5.47. The lowest BCUT2D eigenvalue weighted by atomic mass is 10.2. The quantitative estimate of drug-likeness (QED) is 0.418. The van der Waals surface area contributed by atoms with Crippen molar-refractivity contribution in [2.24, 2.45) is 5.10 Å². The molecule has 18 heavy (non-hydrogen) atoms. The molecule has 0 aliphatic carbocycles. The third-order valence-electron chi connectivity index (χ3n) is 2.25. The minimum Gasteiger partial charge on any atom is -0.477 e. The Balaban J connectivity index is 2.03. The first-order valence-corrected chi connectivity index (χ1v) is 5.82. The van der Waals surface area contributed by atoms with E-state index in [9.17, 15) is 4.79 Å². The Morgan fingerprint density at radius 2 is 2.11 bits per heavy atom. The number of nitrogens with one attached hydrogen (secondary N) is 1. The summed E-state index contributed by atoms with van der Waals surface area (Å²) in [6.07, 6.45) is 0.781. The van der Waals surface area contributed by atoms with Crippen molar-refractivity contribution in [1.29, 1.82) is 0 Å². The van der Waals surface area contributed by atoms with Crippen LogP contribution < -0.4 is 5.43 Å². The molecule has 0 aliphatic heterocycles. The third kappa shape index (κ3) is 6.00. The first kappa shape index (κ1) is 14.2. The van der Waals surface area contributed by atoms with Gasteiger partial charge in [-0.15, -0.1) is 0 Å². The molecule has 0 aliphatic rings. The topological polar surface area (TPSA) is 70.9 Å². The zero-order valence-corrected chi connectivity index (χ0v) is 10.4. The molecule has 0 bridgehead atoms. The summed E-state index contributed by atoms with van der Waals surface area (Å²) in [4.78, 5) is 10.4. The number of aliphatic carboxylic acids is 1. The van der Waals surface area contributed by atoms with Crippen LogP contribution in [0.25, 0.3) is 0 Å². The number of hydrogen-bond acceptors (Lipinski definition) is 4. The number of nitrogens with zero attached hydrogens (tertiary/aromatic N) is 1. The summed E-state index contributed by atoms with van der Waals surface area (Å²) >= 11 is 0. The van der Waals surface area contributed by atoms with Crippen LogP contribution in [0.2, 0.25) is 0 Å². The number of ether oxygens (including phenoxy) is 1. The molecule has 98 valence electrons. The van der Waals surface area contributed by atoms with Crippen LogP contribution in [0.4, 0.5) is 0 Å². The zero-order chi connectivity index (χ0) is 13.2. The summed E-state index contributed by atoms with van der Waals surface area (Å²) in [6.45, 7) is 3.25. The maximum absolute atomic E-state index is 10.4. The molecule has 0 spiro atoms. The van der Waals surface area contributed by atoms with Crippen molar-refractivity contribution in [3.8, 4) is 0 Å². The molecule has 0 saturated carbocycles. The van der Waals surface area contributed by atoms with Gasteiger partial charge in [0.15, 0.2) is 0 Å². The average Bonchev–Trinajstić information content (AvgIpc) is 2.38. The van der Waals surface area contributed by atoms with Gasteiger partial charge in [-0.3, -0.25) is 0 Å². The molecule has 5 heteroatoms. The van der Waals surface area contributed by atoms with E-state index in [2.05, 4.69) is 10.5 Å². The molecule has 5 nitrogen and oxygen atoms in total. The van der Waals surface area contributed by atoms with E-state index < -0.39 is 5.97 Å². The fourth-order valence-electron chi connectivity index (χ4n) is 1.24. The van der Waals surface area contributed by atoms with E-state index in [1.165, 1.54) is 6.92 Å². The van der Waals surface area contributed by atoms with Gasteiger partial charge in [0, 0.05) is 13.2 Å². The summed E-state index contributed by atoms with van der Waals surface area (Å²) in [5.74, 6) is -1.01. The predicted molar refractivity (Wildman–Crippen MR) is 69.5 cm³/mol. The van der Waals surface area contributed by atoms with Gasteiger partial charge >= 0.3 is 5.97 Å². The van der Waals surface area contributed by atoms with E-state index in [4.69, 9.17) is 9.84 Å². The van der Waals surface area contributed by atoms with Gasteiger partial charge in [0.1, 0.15) is 5.71 Å². The van der Waals surface area contributed by atoms with Crippen LogP contribution in [0.3, 0.4) is 0 Å². The average molecular weight is 250 g/mol. The number of rotatable bonds is 8. The van der Waals surface area contributed by atoms with Crippen LogP contribution >= 0.6 is 0 Å². The van der Waals surface area contributed by atoms with Crippen molar-refractivity contribution in [3.05, 3.63) is 35.9 Å². The highest BCUT2D eigenvalue weighted by atomic mass is 16.5. The Morgan fingerprint density at radius 3 is 2.78 bits per heavy atom. The Hall–Kier alpha value is -1.88. The van der Waals surface area contributed by atoms with E-state index >= 15 is 0 Å². The molecule has 0 amide bonds. The molecule has 0 radical (unpaired) electrons. The Kier molecular flexibility index (Phi) is 6.50. The molecule has 1 aromatic carbocycles. The molecule has 1 rings (SSSR count). The molecule has 1 aromatic rings. The summed E-state index contributed by atoms with van der Waals surface area (Å²) in [6, 6.07) is 9.95. The van der Waals surface area contributed by atoms with Crippen molar-refractivity contribution in [1.82, 2.24) is 5.43 Å². The fraction of sp³-hybridized carbons (Fsp3) is 0.385. The van der Waals surface area contributed by atoms with Crippen LogP contribution in [-0.4, -0.2) is 29.9 Å². The molecule has 0 saturated heterocycles. The lowest BCUT2D eigenvalue weighted by Crippen LogP contribution is -2.17. The van der Waals surface area contributed by atoms with Crippen LogP contribution in [0, 0.1) is 0 Å². The smallest absolute Gasteiger partial charge is 0.351 e. The highest BCUT2D eigenvalue weighted by Gasteiger charge is 1.99. The number of hydrazone groups is 1. The van der Waals surface area contributed by atoms with Crippen LogP contribution in [0.5, 0.6) is 0 Å². The lowest BCUT2D eigenvalue weighted by Gasteiger charge is -2.04. The van der Waals surface area contributed by atoms with Gasteiger partial charge in [0.25, 0.3) is 0 Å². The van der Waals surface area contributed by atoms with Crippen molar-refractivity contribution >= 4 is 11.7 Å². The second-order valence-electron chi connectivity index (χ2n) is 3.80. The monoisotopic (exact) mass is 250 g/mol. The van der Waals surface area contributed by atoms with Gasteiger partial charge in [0.05, 0.1) is 6.61 Å². The molecular formula is C13H18N2O3. The minimum absolute atomic E-state index is 0.0557.